The summed E-state index contributed by atoms with van der Waals surface area (Å²) in [5, 5.41) is 11.2. The summed E-state index contributed by atoms with van der Waals surface area (Å²) in [4.78, 5) is 32.5. The van der Waals surface area contributed by atoms with Crippen molar-refractivity contribution in [3.05, 3.63) is 88.0 Å². The number of halogens is 1. The number of phenols is 1. The Morgan fingerprint density at radius 3 is 2.24 bits per heavy atom. The Morgan fingerprint density at radius 2 is 1.73 bits per heavy atom. The molecule has 7 nitrogen and oxygen atoms in total. The minimum Gasteiger partial charge on any atom is -0.507 e. The summed E-state index contributed by atoms with van der Waals surface area (Å²) in [5.41, 5.74) is 3.09. The van der Waals surface area contributed by atoms with E-state index in [4.69, 9.17) is 9.47 Å². The van der Waals surface area contributed by atoms with Crippen molar-refractivity contribution < 1.29 is 19.4 Å². The maximum Gasteiger partial charge on any atom is 0.338 e. The van der Waals surface area contributed by atoms with Gasteiger partial charge in [0, 0.05) is 11.1 Å². The van der Waals surface area contributed by atoms with Gasteiger partial charge in [0.1, 0.15) is 11.5 Å². The number of nitrogens with zero attached hydrogens (tertiary/aromatic N) is 2. The summed E-state index contributed by atoms with van der Waals surface area (Å²) in [7, 11) is 1.58. The van der Waals surface area contributed by atoms with Gasteiger partial charge in [-0.05, 0) is 82.1 Å². The predicted octanol–water partition coefficient (Wildman–Crippen LogP) is 5.87. The van der Waals surface area contributed by atoms with Crippen LogP contribution in [0.1, 0.15) is 83.7 Å². The van der Waals surface area contributed by atoms with Crippen LogP contribution in [0.5, 0.6) is 11.5 Å². The van der Waals surface area contributed by atoms with Crippen LogP contribution in [0, 0.1) is 0 Å². The highest BCUT2D eigenvalue weighted by molar-refractivity contribution is 9.10. The molecule has 9 heteroatoms. The zero-order valence-corrected chi connectivity index (χ0v) is 27.4. The van der Waals surface area contributed by atoms with Gasteiger partial charge in [0.2, 0.25) is 0 Å². The first-order chi connectivity index (χ1) is 19.1. The highest BCUT2D eigenvalue weighted by atomic mass is 79.9. The van der Waals surface area contributed by atoms with E-state index in [0.717, 1.165) is 22.3 Å². The number of hydrogen-bond donors (Lipinski definition) is 1. The lowest BCUT2D eigenvalue weighted by Gasteiger charge is -2.27. The van der Waals surface area contributed by atoms with E-state index in [-0.39, 0.29) is 28.7 Å². The van der Waals surface area contributed by atoms with E-state index in [2.05, 4.69) is 62.5 Å². The number of rotatable bonds is 5. The second kappa shape index (κ2) is 11.2. The fourth-order valence-electron chi connectivity index (χ4n) is 4.99. The number of ether oxygens (including phenoxy) is 2. The van der Waals surface area contributed by atoms with Gasteiger partial charge in [-0.15, -0.1) is 0 Å². The molecule has 0 saturated heterocycles. The van der Waals surface area contributed by atoms with Crippen LogP contribution in [-0.2, 0) is 20.4 Å². The maximum atomic E-state index is 14.1. The highest BCUT2D eigenvalue weighted by Crippen LogP contribution is 2.40. The van der Waals surface area contributed by atoms with E-state index in [1.165, 1.54) is 11.3 Å². The maximum absolute atomic E-state index is 14.1. The molecule has 4 rings (SSSR count). The topological polar surface area (TPSA) is 90.1 Å². The molecule has 0 radical (unpaired) electrons. The molecule has 2 aromatic carbocycles. The number of thiazole rings is 1. The Balaban J connectivity index is 2.00. The molecule has 1 aromatic heterocycles. The normalized spacial score (nSPS) is 16.0. The second-order valence-corrected chi connectivity index (χ2v) is 14.0. The first kappa shape index (κ1) is 30.8. The summed E-state index contributed by atoms with van der Waals surface area (Å²) in [5.74, 6) is 0.405. The van der Waals surface area contributed by atoms with Gasteiger partial charge < -0.3 is 14.6 Å². The van der Waals surface area contributed by atoms with Crippen LogP contribution >= 0.6 is 27.3 Å². The Hall–Kier alpha value is -3.17. The number of allylic oxidation sites excluding steroid dienone is 1. The average molecular weight is 642 g/mol. The molecule has 0 aliphatic carbocycles. The number of aromatic nitrogens is 1. The number of phenolic OH excluding ortho intramolecular Hbond substituents is 1. The molecule has 1 aliphatic heterocycles. The monoisotopic (exact) mass is 640 g/mol. The zero-order chi connectivity index (χ0) is 30.4. The standard InChI is InChI=1S/C32H37BrN2O5S/c1-10-40-29(38)25-17(2)34-30-35(26(25)19-11-12-23(39-9)22(33)16-19)28(37)24(41-30)15-18-13-20(31(3,4)5)27(36)21(14-18)32(6,7)8/h11-16,26,36H,10H2,1-9H3/b24-15+/t26-/m0/s1. The van der Waals surface area contributed by atoms with Gasteiger partial charge in [-0.3, -0.25) is 9.36 Å². The average Bonchev–Trinajstić information content (AvgIpc) is 3.16. The molecule has 0 unspecified atom stereocenters. The molecule has 41 heavy (non-hydrogen) atoms. The fraction of sp³-hybridized carbons (Fsp3) is 0.406. The predicted molar refractivity (Wildman–Crippen MR) is 167 cm³/mol. The molecule has 0 amide bonds. The summed E-state index contributed by atoms with van der Waals surface area (Å²) in [6.07, 6.45) is 1.85. The number of fused-ring (bicyclic) bond motifs is 1. The van der Waals surface area contributed by atoms with Gasteiger partial charge in [-0.2, -0.15) is 0 Å². The first-order valence-corrected chi connectivity index (χ1v) is 15.1. The number of carbonyl (C=O) groups excluding carboxylic acids is 1. The summed E-state index contributed by atoms with van der Waals surface area (Å²) in [6.45, 7) is 16.0. The van der Waals surface area contributed by atoms with Crippen molar-refractivity contribution >= 4 is 39.3 Å². The quantitative estimate of drug-likeness (QED) is 0.352. The Morgan fingerprint density at radius 1 is 1.12 bits per heavy atom. The largest absolute Gasteiger partial charge is 0.507 e. The molecular weight excluding hydrogens is 604 g/mol. The van der Waals surface area contributed by atoms with Crippen molar-refractivity contribution in [3.63, 3.8) is 0 Å². The van der Waals surface area contributed by atoms with Crippen LogP contribution in [0.15, 0.2) is 55.9 Å². The van der Waals surface area contributed by atoms with Crippen molar-refractivity contribution in [3.8, 4) is 11.5 Å². The van der Waals surface area contributed by atoms with Gasteiger partial charge in [0.25, 0.3) is 5.56 Å². The van der Waals surface area contributed by atoms with Crippen molar-refractivity contribution in [2.24, 2.45) is 4.99 Å². The molecule has 2 heterocycles. The first-order valence-electron chi connectivity index (χ1n) is 13.5. The van der Waals surface area contributed by atoms with Gasteiger partial charge in [0.05, 0.1) is 40.0 Å². The van der Waals surface area contributed by atoms with Gasteiger partial charge >= 0.3 is 5.97 Å². The number of aromatic hydroxyl groups is 1. The highest BCUT2D eigenvalue weighted by Gasteiger charge is 2.34. The zero-order valence-electron chi connectivity index (χ0n) is 25.0. The number of esters is 1. The molecule has 1 aliphatic rings. The van der Waals surface area contributed by atoms with Crippen LogP contribution in [0.4, 0.5) is 0 Å². The van der Waals surface area contributed by atoms with Crippen LogP contribution < -0.4 is 19.6 Å². The molecule has 0 spiro atoms. The van der Waals surface area contributed by atoms with Gasteiger partial charge in [-0.25, -0.2) is 9.79 Å². The molecule has 1 atom stereocenters. The SMILES string of the molecule is CCOC(=O)C1=C(C)N=c2s/c(=C/c3cc(C(C)(C)C)c(O)c(C(C)(C)C)c3)c(=O)n2[C@H]1c1ccc(OC)c(Br)c1. The van der Waals surface area contributed by atoms with E-state index in [1.807, 2.05) is 30.3 Å². The molecular formula is C32H37BrN2O5S. The third kappa shape index (κ3) is 5.93. The smallest absolute Gasteiger partial charge is 0.338 e. The fourth-order valence-corrected chi connectivity index (χ4v) is 6.60. The molecule has 0 saturated carbocycles. The Kier molecular flexibility index (Phi) is 8.45. The van der Waals surface area contributed by atoms with Crippen molar-refractivity contribution in [2.45, 2.75) is 72.3 Å². The van der Waals surface area contributed by atoms with Crippen LogP contribution in [0.3, 0.4) is 0 Å². The summed E-state index contributed by atoms with van der Waals surface area (Å²) < 4.78 is 13.5. The minimum absolute atomic E-state index is 0.201. The van der Waals surface area contributed by atoms with Gasteiger partial charge in [-0.1, -0.05) is 58.9 Å². The minimum atomic E-state index is -0.732. The van der Waals surface area contributed by atoms with E-state index in [0.29, 0.717) is 30.8 Å². The lowest BCUT2D eigenvalue weighted by molar-refractivity contribution is -0.139. The van der Waals surface area contributed by atoms with E-state index in [1.54, 1.807) is 31.6 Å². The number of methoxy groups -OCH3 is 1. The molecule has 218 valence electrons. The van der Waals surface area contributed by atoms with Crippen LogP contribution in [0.2, 0.25) is 0 Å². The van der Waals surface area contributed by atoms with Gasteiger partial charge in [0.15, 0.2) is 4.80 Å². The Labute approximate surface area is 253 Å². The lowest BCUT2D eigenvalue weighted by Crippen LogP contribution is -2.40. The number of carbonyl (C=O) groups is 1. The van der Waals surface area contributed by atoms with Crippen molar-refractivity contribution in [1.82, 2.24) is 4.57 Å². The third-order valence-corrected chi connectivity index (χ3v) is 8.66. The summed E-state index contributed by atoms with van der Waals surface area (Å²) >= 11 is 4.82. The molecule has 1 N–H and O–H groups in total. The van der Waals surface area contributed by atoms with Crippen molar-refractivity contribution in [1.29, 1.82) is 0 Å². The summed E-state index contributed by atoms with van der Waals surface area (Å²) in [6, 6.07) is 8.64. The lowest BCUT2D eigenvalue weighted by atomic mass is 9.78. The van der Waals surface area contributed by atoms with Crippen molar-refractivity contribution in [2.75, 3.05) is 13.7 Å². The molecule has 0 bridgehead atoms. The molecule has 3 aromatic rings. The number of hydrogen-bond acceptors (Lipinski definition) is 7. The van der Waals surface area contributed by atoms with E-state index in [9.17, 15) is 14.7 Å². The third-order valence-electron chi connectivity index (χ3n) is 7.05. The number of benzene rings is 2. The van der Waals surface area contributed by atoms with E-state index >= 15 is 0 Å². The van der Waals surface area contributed by atoms with E-state index < -0.39 is 12.0 Å². The Bertz CT molecular complexity index is 1700. The van der Waals surface area contributed by atoms with Crippen LogP contribution in [0.25, 0.3) is 6.08 Å². The molecule has 0 fully saturated rings. The second-order valence-electron chi connectivity index (χ2n) is 12.2. The van der Waals surface area contributed by atoms with Crippen LogP contribution in [-0.4, -0.2) is 29.4 Å².